The standard InChI is InChI=1S/C16H22N4S/c1-2-6-13-9-11-19(12-10-13)15-17-18-16(21)20(15)14-7-4-3-5-8-14/h3-5,7-8,13H,2,6,9-12H2,1H3,(H,18,21). The van der Waals surface area contributed by atoms with Gasteiger partial charge in [0.15, 0.2) is 0 Å². The number of aromatic nitrogens is 3. The Morgan fingerprint density at radius 2 is 1.95 bits per heavy atom. The van der Waals surface area contributed by atoms with Gasteiger partial charge in [0.2, 0.25) is 10.7 Å². The SMILES string of the molecule is CCCC1CCN(c2n[nH]c(=S)n2-c2ccccc2)CC1. The molecule has 5 heteroatoms. The highest BCUT2D eigenvalue weighted by Gasteiger charge is 2.22. The molecule has 0 saturated carbocycles. The summed E-state index contributed by atoms with van der Waals surface area (Å²) in [6, 6.07) is 10.2. The summed E-state index contributed by atoms with van der Waals surface area (Å²) in [7, 11) is 0. The predicted octanol–water partition coefficient (Wildman–Crippen LogP) is 3.95. The van der Waals surface area contributed by atoms with Crippen LogP contribution in [-0.2, 0) is 0 Å². The Labute approximate surface area is 130 Å². The van der Waals surface area contributed by atoms with Gasteiger partial charge in [-0.2, -0.15) is 0 Å². The van der Waals surface area contributed by atoms with Crippen LogP contribution in [0.25, 0.3) is 5.69 Å². The summed E-state index contributed by atoms with van der Waals surface area (Å²) < 4.78 is 2.70. The summed E-state index contributed by atoms with van der Waals surface area (Å²) in [5.74, 6) is 1.82. The number of H-pyrrole nitrogens is 1. The lowest BCUT2D eigenvalue weighted by Crippen LogP contribution is -2.35. The first kappa shape index (κ1) is 14.3. The first-order valence-electron chi connectivity index (χ1n) is 7.77. The van der Waals surface area contributed by atoms with Crippen molar-refractivity contribution in [2.45, 2.75) is 32.6 Å². The number of rotatable bonds is 4. The van der Waals surface area contributed by atoms with Gasteiger partial charge in [0.25, 0.3) is 0 Å². The maximum absolute atomic E-state index is 5.41. The Bertz CT molecular complexity index is 623. The molecule has 3 rings (SSSR count). The third-order valence-corrected chi connectivity index (χ3v) is 4.54. The lowest BCUT2D eigenvalue weighted by atomic mass is 9.93. The van der Waals surface area contributed by atoms with E-state index in [-0.39, 0.29) is 0 Å². The molecular weight excluding hydrogens is 280 g/mol. The zero-order valence-electron chi connectivity index (χ0n) is 12.5. The lowest BCUT2D eigenvalue weighted by Gasteiger charge is -2.32. The summed E-state index contributed by atoms with van der Waals surface area (Å²) in [6.07, 6.45) is 5.14. The van der Waals surface area contributed by atoms with E-state index in [0.29, 0.717) is 4.77 Å². The zero-order chi connectivity index (χ0) is 14.7. The molecule has 1 N–H and O–H groups in total. The van der Waals surface area contributed by atoms with Crippen molar-refractivity contribution in [3.05, 3.63) is 35.1 Å². The molecule has 0 aliphatic carbocycles. The molecule has 0 spiro atoms. The number of hydrogen-bond donors (Lipinski definition) is 1. The average molecular weight is 302 g/mol. The average Bonchev–Trinajstić information content (AvgIpc) is 2.91. The van der Waals surface area contributed by atoms with Crippen molar-refractivity contribution >= 4 is 18.2 Å². The Balaban J connectivity index is 1.83. The van der Waals surface area contributed by atoms with Crippen LogP contribution in [0.1, 0.15) is 32.6 Å². The maximum Gasteiger partial charge on any atom is 0.230 e. The van der Waals surface area contributed by atoms with Crippen molar-refractivity contribution < 1.29 is 0 Å². The first-order chi connectivity index (χ1) is 10.3. The largest absolute Gasteiger partial charge is 0.341 e. The van der Waals surface area contributed by atoms with Crippen LogP contribution in [0.2, 0.25) is 0 Å². The third-order valence-electron chi connectivity index (χ3n) is 4.26. The van der Waals surface area contributed by atoms with Crippen molar-refractivity contribution in [3.63, 3.8) is 0 Å². The summed E-state index contributed by atoms with van der Waals surface area (Å²) in [6.45, 7) is 4.40. The molecule has 2 heterocycles. The molecule has 1 aliphatic rings. The Morgan fingerprint density at radius 1 is 1.24 bits per heavy atom. The number of piperidine rings is 1. The topological polar surface area (TPSA) is 36.9 Å². The fourth-order valence-corrected chi connectivity index (χ4v) is 3.37. The molecule has 0 bridgehead atoms. The first-order valence-corrected chi connectivity index (χ1v) is 8.18. The number of para-hydroxylation sites is 1. The van der Waals surface area contributed by atoms with Gasteiger partial charge in [0, 0.05) is 13.1 Å². The van der Waals surface area contributed by atoms with Crippen LogP contribution in [0.15, 0.2) is 30.3 Å². The molecule has 0 amide bonds. The second kappa shape index (κ2) is 6.43. The molecule has 1 saturated heterocycles. The van der Waals surface area contributed by atoms with Gasteiger partial charge in [-0.3, -0.25) is 4.57 Å². The van der Waals surface area contributed by atoms with Crippen LogP contribution in [0.3, 0.4) is 0 Å². The van der Waals surface area contributed by atoms with E-state index in [0.717, 1.165) is 30.6 Å². The number of nitrogens with one attached hydrogen (secondary N) is 1. The Hall–Kier alpha value is -1.62. The Kier molecular flexibility index (Phi) is 4.39. The fraction of sp³-hybridized carbons (Fsp3) is 0.500. The lowest BCUT2D eigenvalue weighted by molar-refractivity contribution is 0.375. The molecule has 2 aromatic rings. The predicted molar refractivity (Wildman–Crippen MR) is 88.6 cm³/mol. The minimum absolute atomic E-state index is 0.659. The van der Waals surface area contributed by atoms with Crippen molar-refractivity contribution in [3.8, 4) is 5.69 Å². The Morgan fingerprint density at radius 3 is 2.62 bits per heavy atom. The number of aromatic amines is 1. The van der Waals surface area contributed by atoms with Crippen molar-refractivity contribution in [2.75, 3.05) is 18.0 Å². The van der Waals surface area contributed by atoms with Crippen LogP contribution in [0.4, 0.5) is 5.95 Å². The van der Waals surface area contributed by atoms with Crippen molar-refractivity contribution in [1.82, 2.24) is 14.8 Å². The monoisotopic (exact) mass is 302 g/mol. The number of anilines is 1. The number of nitrogens with zero attached hydrogens (tertiary/aromatic N) is 3. The van der Waals surface area contributed by atoms with E-state index < -0.39 is 0 Å². The van der Waals surface area contributed by atoms with E-state index in [9.17, 15) is 0 Å². The molecule has 1 aliphatic heterocycles. The second-order valence-electron chi connectivity index (χ2n) is 5.72. The van der Waals surface area contributed by atoms with Gasteiger partial charge in [0.1, 0.15) is 0 Å². The number of benzene rings is 1. The molecular formula is C16H22N4S. The molecule has 112 valence electrons. The van der Waals surface area contributed by atoms with Crippen molar-refractivity contribution in [1.29, 1.82) is 0 Å². The maximum atomic E-state index is 5.41. The smallest absolute Gasteiger partial charge is 0.230 e. The molecule has 4 nitrogen and oxygen atoms in total. The summed E-state index contributed by atoms with van der Waals surface area (Å²) >= 11 is 5.41. The van der Waals surface area contributed by atoms with Crippen LogP contribution in [-0.4, -0.2) is 27.9 Å². The highest BCUT2D eigenvalue weighted by atomic mass is 32.1. The summed E-state index contributed by atoms with van der Waals surface area (Å²) in [5.41, 5.74) is 1.07. The van der Waals surface area contributed by atoms with Crippen LogP contribution in [0.5, 0.6) is 0 Å². The van der Waals surface area contributed by atoms with E-state index in [1.807, 2.05) is 22.8 Å². The van der Waals surface area contributed by atoms with E-state index in [1.54, 1.807) is 0 Å². The van der Waals surface area contributed by atoms with E-state index in [1.165, 1.54) is 25.7 Å². The van der Waals surface area contributed by atoms with Gasteiger partial charge in [-0.25, -0.2) is 5.10 Å². The number of hydrogen-bond acceptors (Lipinski definition) is 3. The highest BCUT2D eigenvalue weighted by Crippen LogP contribution is 2.26. The molecule has 0 unspecified atom stereocenters. The second-order valence-corrected chi connectivity index (χ2v) is 6.11. The van der Waals surface area contributed by atoms with E-state index in [2.05, 4.69) is 34.2 Å². The van der Waals surface area contributed by atoms with Crippen LogP contribution in [0, 0.1) is 10.7 Å². The highest BCUT2D eigenvalue weighted by molar-refractivity contribution is 7.71. The molecule has 1 fully saturated rings. The van der Waals surface area contributed by atoms with Gasteiger partial charge in [-0.1, -0.05) is 38.0 Å². The summed E-state index contributed by atoms with van der Waals surface area (Å²) in [5, 5.41) is 7.40. The molecule has 1 aromatic heterocycles. The third kappa shape index (κ3) is 3.02. The van der Waals surface area contributed by atoms with Gasteiger partial charge in [-0.15, -0.1) is 5.10 Å². The molecule has 21 heavy (non-hydrogen) atoms. The normalized spacial score (nSPS) is 16.3. The molecule has 0 radical (unpaired) electrons. The quantitative estimate of drug-likeness (QED) is 0.869. The van der Waals surface area contributed by atoms with Crippen LogP contribution < -0.4 is 4.90 Å². The fourth-order valence-electron chi connectivity index (χ4n) is 3.14. The molecule has 0 atom stereocenters. The van der Waals surface area contributed by atoms with Crippen LogP contribution >= 0.6 is 12.2 Å². The minimum atomic E-state index is 0.659. The molecule has 1 aromatic carbocycles. The van der Waals surface area contributed by atoms with E-state index >= 15 is 0 Å². The van der Waals surface area contributed by atoms with Gasteiger partial charge >= 0.3 is 0 Å². The van der Waals surface area contributed by atoms with Crippen molar-refractivity contribution in [2.24, 2.45) is 5.92 Å². The zero-order valence-corrected chi connectivity index (χ0v) is 13.3. The summed E-state index contributed by atoms with van der Waals surface area (Å²) in [4.78, 5) is 2.35. The van der Waals surface area contributed by atoms with Gasteiger partial charge in [-0.05, 0) is 43.1 Å². The van der Waals surface area contributed by atoms with Gasteiger partial charge in [0.05, 0.1) is 5.69 Å². The van der Waals surface area contributed by atoms with Gasteiger partial charge < -0.3 is 4.90 Å². The minimum Gasteiger partial charge on any atom is -0.341 e. The van der Waals surface area contributed by atoms with E-state index in [4.69, 9.17) is 12.2 Å².